The molecule has 19 heavy (non-hydrogen) atoms. The lowest BCUT2D eigenvalue weighted by Gasteiger charge is -2.09. The Morgan fingerprint density at radius 3 is 2.68 bits per heavy atom. The Morgan fingerprint density at radius 1 is 1.37 bits per heavy atom. The monoisotopic (exact) mass is 277 g/mol. The predicted molar refractivity (Wildman–Crippen MR) is 74.2 cm³/mol. The topological polar surface area (TPSA) is 71.0 Å². The lowest BCUT2D eigenvalue weighted by Crippen LogP contribution is -2.23. The van der Waals surface area contributed by atoms with E-state index < -0.39 is 0 Å². The van der Waals surface area contributed by atoms with Crippen LogP contribution in [0.5, 0.6) is 0 Å². The van der Waals surface area contributed by atoms with Gasteiger partial charge >= 0.3 is 0 Å². The maximum atomic E-state index is 11.6. The molecule has 6 nitrogen and oxygen atoms in total. The van der Waals surface area contributed by atoms with Crippen molar-refractivity contribution in [3.05, 3.63) is 33.9 Å². The second kappa shape index (κ2) is 5.75. The van der Waals surface area contributed by atoms with E-state index in [1.807, 2.05) is 12.3 Å². The third kappa shape index (κ3) is 3.47. The second-order valence-corrected chi connectivity index (χ2v) is 5.18. The van der Waals surface area contributed by atoms with E-state index in [4.69, 9.17) is 0 Å². The SMILES string of the molecule is Cc1csc(CNc2ccc(C(=O)N(C)C)nn2)n1. The molecule has 0 aliphatic rings. The van der Waals surface area contributed by atoms with Crippen molar-refractivity contribution in [3.8, 4) is 0 Å². The fourth-order valence-corrected chi connectivity index (χ4v) is 2.13. The van der Waals surface area contributed by atoms with E-state index in [-0.39, 0.29) is 5.91 Å². The number of hydrogen-bond donors (Lipinski definition) is 1. The molecule has 0 spiro atoms. The van der Waals surface area contributed by atoms with Crippen LogP contribution in [0.4, 0.5) is 5.82 Å². The summed E-state index contributed by atoms with van der Waals surface area (Å²) in [4.78, 5) is 17.4. The number of rotatable bonds is 4. The first-order valence-electron chi connectivity index (χ1n) is 5.76. The van der Waals surface area contributed by atoms with Gasteiger partial charge < -0.3 is 10.2 Å². The third-order valence-electron chi connectivity index (χ3n) is 2.38. The summed E-state index contributed by atoms with van der Waals surface area (Å²) in [5, 5.41) is 14.0. The summed E-state index contributed by atoms with van der Waals surface area (Å²) in [6.07, 6.45) is 0. The highest BCUT2D eigenvalue weighted by atomic mass is 32.1. The van der Waals surface area contributed by atoms with Gasteiger partial charge in [-0.25, -0.2) is 4.98 Å². The van der Waals surface area contributed by atoms with Crippen molar-refractivity contribution in [1.82, 2.24) is 20.1 Å². The summed E-state index contributed by atoms with van der Waals surface area (Å²) in [6.45, 7) is 2.57. The Balaban J connectivity index is 1.97. The molecule has 0 saturated heterocycles. The highest BCUT2D eigenvalue weighted by Crippen LogP contribution is 2.11. The number of hydrogen-bond acceptors (Lipinski definition) is 6. The van der Waals surface area contributed by atoms with Crippen molar-refractivity contribution in [1.29, 1.82) is 0 Å². The summed E-state index contributed by atoms with van der Waals surface area (Å²) in [6, 6.07) is 3.40. The number of carbonyl (C=O) groups is 1. The van der Waals surface area contributed by atoms with Crippen LogP contribution in [0.2, 0.25) is 0 Å². The molecule has 1 amide bonds. The van der Waals surface area contributed by atoms with E-state index in [0.717, 1.165) is 10.7 Å². The number of carbonyl (C=O) groups excluding carboxylic acids is 1. The Bertz CT molecular complexity index is 564. The molecule has 0 aliphatic heterocycles. The van der Waals surface area contributed by atoms with Gasteiger partial charge in [-0.15, -0.1) is 21.5 Å². The molecular weight excluding hydrogens is 262 g/mol. The summed E-state index contributed by atoms with van der Waals surface area (Å²) < 4.78 is 0. The molecule has 0 aliphatic carbocycles. The lowest BCUT2D eigenvalue weighted by molar-refractivity contribution is 0.0821. The van der Waals surface area contributed by atoms with Crippen LogP contribution in [0.1, 0.15) is 21.2 Å². The summed E-state index contributed by atoms with van der Waals surface area (Å²) >= 11 is 1.60. The first kappa shape index (κ1) is 13.4. The van der Waals surface area contributed by atoms with Crippen LogP contribution in [0.3, 0.4) is 0 Å². The highest BCUT2D eigenvalue weighted by Gasteiger charge is 2.10. The predicted octanol–water partition coefficient (Wildman–Crippen LogP) is 1.56. The number of nitrogens with one attached hydrogen (secondary N) is 1. The molecule has 2 aromatic rings. The van der Waals surface area contributed by atoms with Gasteiger partial charge in [0.05, 0.1) is 6.54 Å². The summed E-state index contributed by atoms with van der Waals surface area (Å²) in [7, 11) is 3.36. The van der Waals surface area contributed by atoms with Gasteiger partial charge in [0.25, 0.3) is 5.91 Å². The first-order chi connectivity index (χ1) is 9.06. The van der Waals surface area contributed by atoms with E-state index in [0.29, 0.717) is 18.1 Å². The van der Waals surface area contributed by atoms with Gasteiger partial charge in [-0.05, 0) is 19.1 Å². The zero-order valence-electron chi connectivity index (χ0n) is 11.0. The third-order valence-corrected chi connectivity index (χ3v) is 3.34. The van der Waals surface area contributed by atoms with E-state index in [2.05, 4.69) is 20.5 Å². The van der Waals surface area contributed by atoms with Gasteiger partial charge in [0, 0.05) is 25.2 Å². The number of nitrogens with zero attached hydrogens (tertiary/aromatic N) is 4. The van der Waals surface area contributed by atoms with Crippen LogP contribution in [-0.2, 0) is 6.54 Å². The number of thiazole rings is 1. The van der Waals surface area contributed by atoms with E-state index in [9.17, 15) is 4.79 Å². The summed E-state index contributed by atoms with van der Waals surface area (Å²) in [5.74, 6) is 0.470. The zero-order chi connectivity index (χ0) is 13.8. The Labute approximate surface area is 115 Å². The number of anilines is 1. The van der Waals surface area contributed by atoms with Crippen molar-refractivity contribution < 1.29 is 4.79 Å². The minimum atomic E-state index is -0.158. The van der Waals surface area contributed by atoms with Crippen LogP contribution < -0.4 is 5.32 Å². The van der Waals surface area contributed by atoms with Crippen LogP contribution in [0.25, 0.3) is 0 Å². The first-order valence-corrected chi connectivity index (χ1v) is 6.64. The fourth-order valence-electron chi connectivity index (χ4n) is 1.42. The molecule has 100 valence electrons. The van der Waals surface area contributed by atoms with Crippen LogP contribution in [0.15, 0.2) is 17.5 Å². The molecule has 0 unspecified atom stereocenters. The molecule has 0 atom stereocenters. The van der Waals surface area contributed by atoms with Gasteiger partial charge in [-0.3, -0.25) is 4.79 Å². The van der Waals surface area contributed by atoms with Gasteiger partial charge in [0.2, 0.25) is 0 Å². The van der Waals surface area contributed by atoms with Gasteiger partial charge in [0.15, 0.2) is 5.69 Å². The molecule has 2 heterocycles. The molecule has 0 aromatic carbocycles. The van der Waals surface area contributed by atoms with Crippen molar-refractivity contribution in [2.75, 3.05) is 19.4 Å². The Morgan fingerprint density at radius 2 is 2.16 bits per heavy atom. The van der Waals surface area contributed by atoms with E-state index in [1.54, 1.807) is 37.6 Å². The van der Waals surface area contributed by atoms with Crippen molar-refractivity contribution >= 4 is 23.1 Å². The molecule has 2 rings (SSSR count). The van der Waals surface area contributed by atoms with Crippen molar-refractivity contribution in [2.45, 2.75) is 13.5 Å². The smallest absolute Gasteiger partial charge is 0.273 e. The van der Waals surface area contributed by atoms with Crippen molar-refractivity contribution in [3.63, 3.8) is 0 Å². The van der Waals surface area contributed by atoms with Crippen LogP contribution in [-0.4, -0.2) is 40.1 Å². The van der Waals surface area contributed by atoms with E-state index in [1.165, 1.54) is 4.90 Å². The van der Waals surface area contributed by atoms with Crippen molar-refractivity contribution in [2.24, 2.45) is 0 Å². The molecule has 0 fully saturated rings. The minimum Gasteiger partial charge on any atom is -0.362 e. The number of aryl methyl sites for hydroxylation is 1. The molecule has 0 radical (unpaired) electrons. The summed E-state index contributed by atoms with van der Waals surface area (Å²) in [5.41, 5.74) is 1.35. The maximum Gasteiger partial charge on any atom is 0.273 e. The number of amides is 1. The average molecular weight is 277 g/mol. The molecule has 0 bridgehead atoms. The molecule has 0 saturated carbocycles. The van der Waals surface area contributed by atoms with Crippen LogP contribution in [0, 0.1) is 6.92 Å². The molecule has 2 aromatic heterocycles. The fraction of sp³-hybridized carbons (Fsp3) is 0.333. The molecule has 7 heteroatoms. The Kier molecular flexibility index (Phi) is 4.06. The number of aromatic nitrogens is 3. The quantitative estimate of drug-likeness (QED) is 0.918. The lowest BCUT2D eigenvalue weighted by atomic mass is 10.3. The average Bonchev–Trinajstić information content (AvgIpc) is 2.82. The molecule has 1 N–H and O–H groups in total. The van der Waals surface area contributed by atoms with Gasteiger partial charge in [-0.1, -0.05) is 0 Å². The standard InChI is InChI=1S/C12H15N5OS/c1-8-7-19-11(14-8)6-13-10-5-4-9(15-16-10)12(18)17(2)3/h4-5,7H,6H2,1-3H3,(H,13,16). The second-order valence-electron chi connectivity index (χ2n) is 4.24. The minimum absolute atomic E-state index is 0.158. The Hall–Kier alpha value is -2.02. The zero-order valence-corrected chi connectivity index (χ0v) is 11.9. The highest BCUT2D eigenvalue weighted by molar-refractivity contribution is 7.09. The normalized spacial score (nSPS) is 10.3. The van der Waals surface area contributed by atoms with Crippen LogP contribution >= 0.6 is 11.3 Å². The maximum absolute atomic E-state index is 11.6. The van der Waals surface area contributed by atoms with Gasteiger partial charge in [0.1, 0.15) is 10.8 Å². The van der Waals surface area contributed by atoms with E-state index >= 15 is 0 Å². The molecular formula is C12H15N5OS. The van der Waals surface area contributed by atoms with Gasteiger partial charge in [-0.2, -0.15) is 0 Å². The largest absolute Gasteiger partial charge is 0.362 e.